The Morgan fingerprint density at radius 1 is 1.03 bits per heavy atom. The fourth-order valence-electron chi connectivity index (χ4n) is 3.64. The number of fused-ring (bicyclic) bond motifs is 1. The first-order valence-electron chi connectivity index (χ1n) is 9.62. The fraction of sp³-hybridized carbons (Fsp3) is 0.130. The van der Waals surface area contributed by atoms with E-state index in [0.717, 1.165) is 28.9 Å². The zero-order valence-electron chi connectivity index (χ0n) is 16.2. The lowest BCUT2D eigenvalue weighted by Gasteiger charge is -2.15. The molecule has 148 valence electrons. The molecule has 0 N–H and O–H groups in total. The Balaban J connectivity index is 1.64. The molecule has 7 heteroatoms. The van der Waals surface area contributed by atoms with Gasteiger partial charge in [-0.1, -0.05) is 59.2 Å². The first kappa shape index (κ1) is 18.5. The number of aromatic nitrogens is 5. The van der Waals surface area contributed by atoms with E-state index in [0.29, 0.717) is 16.7 Å². The molecule has 0 fully saturated rings. The van der Waals surface area contributed by atoms with Crippen LogP contribution in [0.2, 0.25) is 5.02 Å². The molecule has 0 spiro atoms. The molecule has 2 aromatic carbocycles. The molecule has 6 nitrogen and oxygen atoms in total. The van der Waals surface area contributed by atoms with E-state index in [9.17, 15) is 0 Å². The van der Waals surface area contributed by atoms with E-state index < -0.39 is 0 Å². The molecule has 5 aromatic rings. The van der Waals surface area contributed by atoms with Crippen molar-refractivity contribution < 1.29 is 4.52 Å². The summed E-state index contributed by atoms with van der Waals surface area (Å²) >= 11 is 6.05. The average Bonchev–Trinajstić information content (AvgIpc) is 3.40. The molecular formula is C23H18ClN5O. The zero-order valence-corrected chi connectivity index (χ0v) is 17.0. The van der Waals surface area contributed by atoms with E-state index in [4.69, 9.17) is 16.1 Å². The first-order valence-corrected chi connectivity index (χ1v) is 9.99. The van der Waals surface area contributed by atoms with Crippen LogP contribution in [0.5, 0.6) is 0 Å². The molecule has 0 aliphatic carbocycles. The summed E-state index contributed by atoms with van der Waals surface area (Å²) < 4.78 is 7.15. The van der Waals surface area contributed by atoms with Crippen molar-refractivity contribution in [3.8, 4) is 11.1 Å². The molecule has 0 saturated carbocycles. The molecular weight excluding hydrogens is 398 g/mol. The Morgan fingerprint density at radius 2 is 1.83 bits per heavy atom. The van der Waals surface area contributed by atoms with Gasteiger partial charge in [-0.3, -0.25) is 0 Å². The van der Waals surface area contributed by atoms with Crippen molar-refractivity contribution >= 4 is 17.2 Å². The molecule has 0 amide bonds. The lowest BCUT2D eigenvalue weighted by atomic mass is 9.95. The van der Waals surface area contributed by atoms with Gasteiger partial charge in [-0.05, 0) is 35.7 Å². The molecule has 5 rings (SSSR count). The number of nitrogens with zero attached hydrogens (tertiary/aromatic N) is 5. The maximum atomic E-state index is 6.05. The van der Waals surface area contributed by atoms with E-state index in [2.05, 4.69) is 32.4 Å². The van der Waals surface area contributed by atoms with Crippen LogP contribution in [0.25, 0.3) is 16.8 Å². The molecule has 0 bridgehead atoms. The topological polar surface area (TPSA) is 69.1 Å². The Kier molecular flexibility index (Phi) is 4.77. The summed E-state index contributed by atoms with van der Waals surface area (Å²) in [7, 11) is 0. The van der Waals surface area contributed by atoms with Crippen LogP contribution in [-0.4, -0.2) is 24.7 Å². The van der Waals surface area contributed by atoms with Gasteiger partial charge in [-0.15, -0.1) is 0 Å². The Bertz CT molecular complexity index is 1290. The van der Waals surface area contributed by atoms with Crippen molar-refractivity contribution in [1.82, 2.24) is 24.7 Å². The highest BCUT2D eigenvalue weighted by molar-refractivity contribution is 6.30. The van der Waals surface area contributed by atoms with E-state index in [1.807, 2.05) is 59.2 Å². The number of hydrogen-bond donors (Lipinski definition) is 0. The predicted octanol–water partition coefficient (Wildman–Crippen LogP) is 5.12. The van der Waals surface area contributed by atoms with Gasteiger partial charge in [0.1, 0.15) is 0 Å². The maximum absolute atomic E-state index is 6.05. The summed E-state index contributed by atoms with van der Waals surface area (Å²) in [5, 5.41) is 9.55. The normalized spacial score (nSPS) is 12.3. The summed E-state index contributed by atoms with van der Waals surface area (Å²) in [6, 6.07) is 19.9. The number of halogens is 1. The molecule has 0 radical (unpaired) electrons. The summed E-state index contributed by atoms with van der Waals surface area (Å²) in [6.45, 7) is 1.80. The van der Waals surface area contributed by atoms with Crippen LogP contribution in [0.4, 0.5) is 0 Å². The number of rotatable bonds is 5. The highest BCUT2D eigenvalue weighted by Gasteiger charge is 2.24. The average molecular weight is 416 g/mol. The van der Waals surface area contributed by atoms with Crippen molar-refractivity contribution in [2.75, 3.05) is 0 Å². The summed E-state index contributed by atoms with van der Waals surface area (Å²) in [5.74, 6) is 1.04. The Hall–Kier alpha value is -3.51. The minimum Gasteiger partial charge on any atom is -0.340 e. The van der Waals surface area contributed by atoms with Gasteiger partial charge < -0.3 is 4.52 Å². The summed E-state index contributed by atoms with van der Waals surface area (Å²) in [4.78, 5) is 9.10. The second kappa shape index (κ2) is 7.72. The Labute approximate surface area is 178 Å². The van der Waals surface area contributed by atoms with Crippen molar-refractivity contribution in [3.05, 3.63) is 101 Å². The standard InChI is InChI=1S/C23H18ClN5O/c1-15-27-22(28-30-15)19(13-16-5-3-2-4-6-16)21-11-12-25-23-20(14-26-29(21)23)17-7-9-18(24)10-8-17/h2-12,14,19H,13H2,1H3. The molecule has 1 unspecified atom stereocenters. The fourth-order valence-corrected chi connectivity index (χ4v) is 3.77. The van der Waals surface area contributed by atoms with Gasteiger partial charge in [-0.2, -0.15) is 10.1 Å². The van der Waals surface area contributed by atoms with E-state index in [-0.39, 0.29) is 5.92 Å². The van der Waals surface area contributed by atoms with Gasteiger partial charge in [0.15, 0.2) is 11.5 Å². The smallest absolute Gasteiger partial charge is 0.223 e. The largest absolute Gasteiger partial charge is 0.340 e. The van der Waals surface area contributed by atoms with Crippen LogP contribution in [0.15, 0.2) is 77.6 Å². The highest BCUT2D eigenvalue weighted by Crippen LogP contribution is 2.30. The minimum atomic E-state index is -0.131. The number of hydrogen-bond acceptors (Lipinski definition) is 5. The van der Waals surface area contributed by atoms with Crippen LogP contribution < -0.4 is 0 Å². The summed E-state index contributed by atoms with van der Waals surface area (Å²) in [5.41, 5.74) is 4.85. The van der Waals surface area contributed by atoms with Gasteiger partial charge in [0.2, 0.25) is 5.89 Å². The third kappa shape index (κ3) is 3.46. The van der Waals surface area contributed by atoms with Crippen LogP contribution in [-0.2, 0) is 6.42 Å². The van der Waals surface area contributed by atoms with Gasteiger partial charge in [0.05, 0.1) is 17.8 Å². The molecule has 30 heavy (non-hydrogen) atoms. The van der Waals surface area contributed by atoms with E-state index >= 15 is 0 Å². The van der Waals surface area contributed by atoms with Gasteiger partial charge in [0.25, 0.3) is 0 Å². The highest BCUT2D eigenvalue weighted by atomic mass is 35.5. The second-order valence-electron chi connectivity index (χ2n) is 7.08. The molecule has 1 atom stereocenters. The van der Waals surface area contributed by atoms with E-state index in [1.165, 1.54) is 5.56 Å². The lowest BCUT2D eigenvalue weighted by Crippen LogP contribution is -2.13. The van der Waals surface area contributed by atoms with Crippen LogP contribution in [0.1, 0.15) is 28.9 Å². The van der Waals surface area contributed by atoms with Crippen molar-refractivity contribution in [3.63, 3.8) is 0 Å². The lowest BCUT2D eigenvalue weighted by molar-refractivity contribution is 0.384. The minimum absolute atomic E-state index is 0.131. The number of benzene rings is 2. The Morgan fingerprint density at radius 3 is 2.57 bits per heavy atom. The van der Waals surface area contributed by atoms with Crippen LogP contribution in [0.3, 0.4) is 0 Å². The van der Waals surface area contributed by atoms with Crippen LogP contribution in [0, 0.1) is 6.92 Å². The van der Waals surface area contributed by atoms with Gasteiger partial charge in [0, 0.05) is 23.7 Å². The maximum Gasteiger partial charge on any atom is 0.223 e. The second-order valence-corrected chi connectivity index (χ2v) is 7.52. The number of aryl methyl sites for hydroxylation is 1. The monoisotopic (exact) mass is 415 g/mol. The molecule has 3 aromatic heterocycles. The third-order valence-electron chi connectivity index (χ3n) is 5.08. The SMILES string of the molecule is Cc1nc(C(Cc2ccccc2)c2ccnc3c(-c4ccc(Cl)cc4)cnn23)no1. The van der Waals surface area contributed by atoms with Gasteiger partial charge >= 0.3 is 0 Å². The van der Waals surface area contributed by atoms with Crippen LogP contribution >= 0.6 is 11.6 Å². The quantitative estimate of drug-likeness (QED) is 0.398. The summed E-state index contributed by atoms with van der Waals surface area (Å²) in [6.07, 6.45) is 4.35. The van der Waals surface area contributed by atoms with E-state index in [1.54, 1.807) is 13.1 Å². The van der Waals surface area contributed by atoms with Gasteiger partial charge in [-0.25, -0.2) is 9.50 Å². The molecule has 3 heterocycles. The van der Waals surface area contributed by atoms with Crippen molar-refractivity contribution in [2.45, 2.75) is 19.3 Å². The molecule has 0 saturated heterocycles. The zero-order chi connectivity index (χ0) is 20.5. The third-order valence-corrected chi connectivity index (χ3v) is 5.33. The molecule has 0 aliphatic heterocycles. The van der Waals surface area contributed by atoms with Crippen molar-refractivity contribution in [1.29, 1.82) is 0 Å². The molecule has 0 aliphatic rings. The van der Waals surface area contributed by atoms with Crippen molar-refractivity contribution in [2.24, 2.45) is 0 Å². The first-order chi connectivity index (χ1) is 14.7. The predicted molar refractivity (Wildman–Crippen MR) is 114 cm³/mol.